The van der Waals surface area contributed by atoms with E-state index in [9.17, 15) is 14.4 Å². The fourth-order valence-electron chi connectivity index (χ4n) is 6.92. The molecule has 0 bridgehead atoms. The monoisotopic (exact) mass is 710 g/mol. The van der Waals surface area contributed by atoms with E-state index in [1.165, 1.54) is 5.01 Å². The molecule has 6 rings (SSSR count). The normalized spacial score (nSPS) is 13.2. The second kappa shape index (κ2) is 17.7. The number of carbonyl (C=O) groups excluding carboxylic acids is 3. The van der Waals surface area contributed by atoms with Gasteiger partial charge < -0.3 is 20.9 Å². The summed E-state index contributed by atoms with van der Waals surface area (Å²) in [7, 11) is 0. The molecule has 5 aromatic carbocycles. The summed E-state index contributed by atoms with van der Waals surface area (Å²) in [4.78, 5) is 43.7. The van der Waals surface area contributed by atoms with Crippen molar-refractivity contribution in [3.63, 3.8) is 0 Å². The highest BCUT2D eigenvalue weighted by Gasteiger charge is 2.42. The van der Waals surface area contributed by atoms with Crippen molar-refractivity contribution < 1.29 is 23.9 Å². The highest BCUT2D eigenvalue weighted by atomic mass is 16.6. The van der Waals surface area contributed by atoms with Crippen LogP contribution in [0.5, 0.6) is 5.75 Å². The molecule has 2 amide bonds. The number of rotatable bonds is 16. The van der Waals surface area contributed by atoms with Gasteiger partial charge in [-0.05, 0) is 51.9 Å². The largest absolute Gasteiger partial charge is 0.479 e. The Bertz CT molecular complexity index is 1890. The summed E-state index contributed by atoms with van der Waals surface area (Å²) < 4.78 is 12.3. The molecule has 0 radical (unpaired) electrons. The molecule has 5 aromatic rings. The number of nitrogens with two attached hydrogens (primary N) is 2. The number of hydrogen-bond donors (Lipinski definition) is 2. The molecule has 0 fully saturated rings. The minimum Gasteiger partial charge on any atom is -0.479 e. The molecule has 1 aliphatic carbocycles. The van der Waals surface area contributed by atoms with E-state index < -0.39 is 30.2 Å². The lowest BCUT2D eigenvalue weighted by Gasteiger charge is -2.40. The van der Waals surface area contributed by atoms with Crippen molar-refractivity contribution in [3.8, 4) is 16.9 Å². The molecule has 0 aliphatic heterocycles. The first-order valence-corrected chi connectivity index (χ1v) is 18.2. The van der Waals surface area contributed by atoms with Gasteiger partial charge in [0.2, 0.25) is 0 Å². The zero-order valence-electron chi connectivity index (χ0n) is 29.9. The third-order valence-electron chi connectivity index (χ3n) is 9.61. The molecule has 0 heterocycles. The Hall–Kier alpha value is -5.61. The molecule has 272 valence electrons. The standard InChI is InChI=1S/C44H46N4O5/c1-2-3-27-39(46)40(49)29-47(42(31-17-7-4-8-18-31)32-19-9-5-10-20-32)48(43(50)41(28-45)53-33-21-11-6-12-22-33)44(51)52-30-38-36-25-15-13-23-34(36)35-24-14-16-26-37(35)38/h4-26,38-39,41-42H,2-3,27-30,45-46H2,1H3/t39-,41?/m0/s1. The van der Waals surface area contributed by atoms with Gasteiger partial charge in [-0.2, -0.15) is 10.0 Å². The number of fused-ring (bicyclic) bond motifs is 3. The smallest absolute Gasteiger partial charge is 0.431 e. The molecular weight excluding hydrogens is 665 g/mol. The number of para-hydroxylation sites is 1. The van der Waals surface area contributed by atoms with Crippen molar-refractivity contribution in [1.82, 2.24) is 10.0 Å². The van der Waals surface area contributed by atoms with Crippen LogP contribution in [-0.4, -0.2) is 59.6 Å². The fraction of sp³-hybridized carbons (Fsp3) is 0.250. The van der Waals surface area contributed by atoms with Crippen molar-refractivity contribution in [3.05, 3.63) is 162 Å². The van der Waals surface area contributed by atoms with Crippen molar-refractivity contribution >= 4 is 17.8 Å². The van der Waals surface area contributed by atoms with E-state index in [2.05, 4.69) is 12.1 Å². The molecule has 0 spiro atoms. The molecule has 53 heavy (non-hydrogen) atoms. The summed E-state index contributed by atoms with van der Waals surface area (Å²) in [6.45, 7) is 1.36. The van der Waals surface area contributed by atoms with Crippen LogP contribution in [0.3, 0.4) is 0 Å². The number of hydrazine groups is 1. The first kappa shape index (κ1) is 37.2. The van der Waals surface area contributed by atoms with Gasteiger partial charge in [-0.3, -0.25) is 9.59 Å². The average Bonchev–Trinajstić information content (AvgIpc) is 3.52. The lowest BCUT2D eigenvalue weighted by Crippen LogP contribution is -2.59. The van der Waals surface area contributed by atoms with Gasteiger partial charge in [-0.1, -0.05) is 147 Å². The Morgan fingerprint density at radius 1 is 0.717 bits per heavy atom. The number of nitrogens with zero attached hydrogens (tertiary/aromatic N) is 2. The third-order valence-corrected chi connectivity index (χ3v) is 9.61. The number of Topliss-reactive ketones (excluding diaryl/α,β-unsaturated/α-hetero) is 1. The van der Waals surface area contributed by atoms with Gasteiger partial charge in [0.05, 0.1) is 18.6 Å². The van der Waals surface area contributed by atoms with E-state index in [0.717, 1.165) is 51.2 Å². The van der Waals surface area contributed by atoms with Gasteiger partial charge in [-0.15, -0.1) is 0 Å². The molecule has 9 nitrogen and oxygen atoms in total. The number of imide groups is 1. The Labute approximate surface area is 311 Å². The molecule has 0 saturated heterocycles. The van der Waals surface area contributed by atoms with E-state index in [-0.39, 0.29) is 31.4 Å². The Kier molecular flexibility index (Phi) is 12.4. The SMILES string of the molecule is CCCC[C@H](N)C(=O)CN(C(c1ccccc1)c1ccccc1)N(C(=O)OCC1c2ccccc2-c2ccccc21)C(=O)C(CN)Oc1ccccc1. The highest BCUT2D eigenvalue weighted by molar-refractivity contribution is 5.95. The van der Waals surface area contributed by atoms with E-state index in [4.69, 9.17) is 20.9 Å². The van der Waals surface area contributed by atoms with Crippen LogP contribution in [0.25, 0.3) is 11.1 Å². The van der Waals surface area contributed by atoms with E-state index in [1.54, 1.807) is 24.3 Å². The molecule has 2 atom stereocenters. The predicted molar refractivity (Wildman–Crippen MR) is 206 cm³/mol. The van der Waals surface area contributed by atoms with Gasteiger partial charge in [0.1, 0.15) is 12.4 Å². The van der Waals surface area contributed by atoms with Crippen LogP contribution < -0.4 is 16.2 Å². The van der Waals surface area contributed by atoms with Crippen LogP contribution in [0, 0.1) is 0 Å². The zero-order chi connectivity index (χ0) is 37.2. The minimum atomic E-state index is -1.29. The second-order valence-electron chi connectivity index (χ2n) is 13.1. The number of ketones is 1. The predicted octanol–water partition coefficient (Wildman–Crippen LogP) is 7.26. The van der Waals surface area contributed by atoms with E-state index >= 15 is 0 Å². The Balaban J connectivity index is 1.44. The van der Waals surface area contributed by atoms with Gasteiger partial charge in [0.15, 0.2) is 11.9 Å². The molecular formula is C44H46N4O5. The first-order chi connectivity index (χ1) is 25.9. The molecule has 1 aliphatic rings. The number of hydrogen-bond acceptors (Lipinski definition) is 8. The molecule has 0 saturated carbocycles. The summed E-state index contributed by atoms with van der Waals surface area (Å²) in [6, 6.07) is 42.1. The van der Waals surface area contributed by atoms with Crippen LogP contribution >= 0.6 is 0 Å². The summed E-state index contributed by atoms with van der Waals surface area (Å²) in [5, 5.41) is 2.39. The summed E-state index contributed by atoms with van der Waals surface area (Å²) in [6.07, 6.45) is -0.176. The Morgan fingerprint density at radius 3 is 1.75 bits per heavy atom. The summed E-state index contributed by atoms with van der Waals surface area (Å²) in [5.74, 6) is -0.977. The molecule has 4 N–H and O–H groups in total. The minimum absolute atomic E-state index is 0.0530. The lowest BCUT2D eigenvalue weighted by atomic mass is 9.97. The fourth-order valence-corrected chi connectivity index (χ4v) is 6.92. The van der Waals surface area contributed by atoms with Gasteiger partial charge in [0.25, 0.3) is 5.91 Å². The second-order valence-corrected chi connectivity index (χ2v) is 13.1. The number of unbranched alkanes of at least 4 members (excludes halogenated alkanes) is 1. The highest BCUT2D eigenvalue weighted by Crippen LogP contribution is 2.44. The maximum Gasteiger partial charge on any atom is 0.431 e. The summed E-state index contributed by atoms with van der Waals surface area (Å²) >= 11 is 0. The van der Waals surface area contributed by atoms with Gasteiger partial charge in [0, 0.05) is 12.5 Å². The maximum absolute atomic E-state index is 14.9. The number of benzene rings is 5. The van der Waals surface area contributed by atoms with Crippen LogP contribution in [0.15, 0.2) is 140 Å². The number of ether oxygens (including phenoxy) is 2. The third kappa shape index (κ3) is 8.55. The van der Waals surface area contributed by atoms with Crippen LogP contribution in [0.1, 0.15) is 60.4 Å². The average molecular weight is 711 g/mol. The van der Waals surface area contributed by atoms with E-state index in [0.29, 0.717) is 12.2 Å². The lowest BCUT2D eigenvalue weighted by molar-refractivity contribution is -0.156. The molecule has 9 heteroatoms. The molecule has 1 unspecified atom stereocenters. The van der Waals surface area contributed by atoms with Crippen LogP contribution in [0.4, 0.5) is 4.79 Å². The van der Waals surface area contributed by atoms with Gasteiger partial charge in [-0.25, -0.2) is 4.79 Å². The molecule has 0 aromatic heterocycles. The van der Waals surface area contributed by atoms with Crippen molar-refractivity contribution in [2.24, 2.45) is 11.5 Å². The zero-order valence-corrected chi connectivity index (χ0v) is 29.9. The van der Waals surface area contributed by atoms with E-state index in [1.807, 2.05) is 110 Å². The van der Waals surface area contributed by atoms with Crippen molar-refractivity contribution in [1.29, 1.82) is 0 Å². The summed E-state index contributed by atoms with van der Waals surface area (Å²) in [5.41, 5.74) is 18.3. The first-order valence-electron chi connectivity index (χ1n) is 18.2. The number of amides is 2. The van der Waals surface area contributed by atoms with Crippen molar-refractivity contribution in [2.75, 3.05) is 19.7 Å². The van der Waals surface area contributed by atoms with Crippen LogP contribution in [0.2, 0.25) is 0 Å². The van der Waals surface area contributed by atoms with Gasteiger partial charge >= 0.3 is 6.09 Å². The topological polar surface area (TPSA) is 128 Å². The number of carbonyl (C=O) groups is 3. The Morgan fingerprint density at radius 2 is 1.23 bits per heavy atom. The van der Waals surface area contributed by atoms with Crippen LogP contribution in [-0.2, 0) is 14.3 Å². The quantitative estimate of drug-likeness (QED) is 0.102. The maximum atomic E-state index is 14.9. The van der Waals surface area contributed by atoms with Crippen molar-refractivity contribution in [2.45, 2.75) is 50.3 Å².